The van der Waals surface area contributed by atoms with E-state index < -0.39 is 0 Å². The predicted octanol–water partition coefficient (Wildman–Crippen LogP) is 1.76. The number of hydrogen-bond donors (Lipinski definition) is 1. The van der Waals surface area contributed by atoms with Crippen LogP contribution in [0.25, 0.3) is 0 Å². The molecule has 0 radical (unpaired) electrons. The van der Waals surface area contributed by atoms with E-state index in [-0.39, 0.29) is 18.6 Å². The van der Waals surface area contributed by atoms with Crippen LogP contribution >= 0.6 is 11.6 Å². The Balaban J connectivity index is 2.24. The summed E-state index contributed by atoms with van der Waals surface area (Å²) in [5.41, 5.74) is 0.609. The highest BCUT2D eigenvalue weighted by atomic mass is 35.5. The standard InChI is InChI=1S/C12H17ClN2O2/c1-2-14-7-9(13)6-11(14)12(17)15-5-3-4-10(15)8-16/h6-7,10,16H,2-5,8H2,1H3. The van der Waals surface area contributed by atoms with E-state index in [2.05, 4.69) is 0 Å². The Bertz CT molecular complexity index is 417. The van der Waals surface area contributed by atoms with E-state index in [1.807, 2.05) is 11.5 Å². The lowest BCUT2D eigenvalue weighted by Crippen LogP contribution is -2.38. The van der Waals surface area contributed by atoms with Crippen molar-refractivity contribution in [3.05, 3.63) is 23.0 Å². The molecule has 0 aromatic carbocycles. The van der Waals surface area contributed by atoms with E-state index in [1.165, 1.54) is 0 Å². The maximum atomic E-state index is 12.3. The molecule has 1 aromatic rings. The van der Waals surface area contributed by atoms with Crippen molar-refractivity contribution in [3.63, 3.8) is 0 Å². The van der Waals surface area contributed by atoms with Crippen molar-refractivity contribution in [2.45, 2.75) is 32.4 Å². The minimum absolute atomic E-state index is 0.0321. The van der Waals surface area contributed by atoms with Crippen LogP contribution in [0.4, 0.5) is 0 Å². The van der Waals surface area contributed by atoms with Gasteiger partial charge in [0.1, 0.15) is 5.69 Å². The molecule has 1 aliphatic heterocycles. The number of likely N-dealkylation sites (tertiary alicyclic amines) is 1. The zero-order valence-corrected chi connectivity index (χ0v) is 10.7. The summed E-state index contributed by atoms with van der Waals surface area (Å²) in [6, 6.07) is 1.65. The summed E-state index contributed by atoms with van der Waals surface area (Å²) in [5, 5.41) is 9.82. The predicted molar refractivity (Wildman–Crippen MR) is 66.3 cm³/mol. The Kier molecular flexibility index (Phi) is 3.74. The summed E-state index contributed by atoms with van der Waals surface area (Å²) in [7, 11) is 0. The molecular formula is C12H17ClN2O2. The van der Waals surface area contributed by atoms with Crippen molar-refractivity contribution >= 4 is 17.5 Å². The summed E-state index contributed by atoms with van der Waals surface area (Å²) < 4.78 is 1.84. The van der Waals surface area contributed by atoms with Gasteiger partial charge in [0, 0.05) is 19.3 Å². The number of nitrogens with zero attached hydrogens (tertiary/aromatic N) is 2. The molecule has 94 valence electrons. The minimum Gasteiger partial charge on any atom is -0.394 e. The van der Waals surface area contributed by atoms with E-state index in [0.717, 1.165) is 19.4 Å². The molecule has 0 spiro atoms. The normalized spacial score (nSPS) is 19.9. The molecule has 1 saturated heterocycles. The van der Waals surface area contributed by atoms with Crippen LogP contribution < -0.4 is 0 Å². The molecule has 0 aliphatic carbocycles. The van der Waals surface area contributed by atoms with E-state index in [4.69, 9.17) is 11.6 Å². The molecule has 1 aromatic heterocycles. The van der Waals surface area contributed by atoms with Crippen molar-refractivity contribution in [2.75, 3.05) is 13.2 Å². The lowest BCUT2D eigenvalue weighted by Gasteiger charge is -2.23. The van der Waals surface area contributed by atoms with Crippen molar-refractivity contribution in [1.82, 2.24) is 9.47 Å². The summed E-state index contributed by atoms with van der Waals surface area (Å²) in [6.07, 6.45) is 3.60. The van der Waals surface area contributed by atoms with Gasteiger partial charge in [0.25, 0.3) is 5.91 Å². The lowest BCUT2D eigenvalue weighted by molar-refractivity contribution is 0.0667. The molecule has 1 N–H and O–H groups in total. The molecule has 5 heteroatoms. The number of aliphatic hydroxyl groups excluding tert-OH is 1. The Hall–Kier alpha value is -1.00. The fourth-order valence-corrected chi connectivity index (χ4v) is 2.58. The topological polar surface area (TPSA) is 45.5 Å². The minimum atomic E-state index is -0.0403. The van der Waals surface area contributed by atoms with Crippen molar-refractivity contribution < 1.29 is 9.90 Å². The first-order valence-electron chi connectivity index (χ1n) is 5.95. The largest absolute Gasteiger partial charge is 0.394 e. The summed E-state index contributed by atoms with van der Waals surface area (Å²) in [5.74, 6) is -0.0321. The highest BCUT2D eigenvalue weighted by Crippen LogP contribution is 2.22. The van der Waals surface area contributed by atoms with Gasteiger partial charge < -0.3 is 14.6 Å². The number of amides is 1. The van der Waals surface area contributed by atoms with Gasteiger partial charge in [-0.3, -0.25) is 4.79 Å². The number of carbonyl (C=O) groups excluding carboxylic acids is 1. The molecule has 4 nitrogen and oxygen atoms in total. The van der Waals surface area contributed by atoms with Crippen LogP contribution in [0, 0.1) is 0 Å². The first-order chi connectivity index (χ1) is 8.17. The second-order valence-electron chi connectivity index (χ2n) is 4.31. The molecule has 1 atom stereocenters. The number of aromatic nitrogens is 1. The SMILES string of the molecule is CCn1cc(Cl)cc1C(=O)N1CCCC1CO. The summed E-state index contributed by atoms with van der Waals surface area (Å²) in [6.45, 7) is 3.44. The number of carbonyl (C=O) groups is 1. The van der Waals surface area contributed by atoms with Gasteiger partial charge in [0.15, 0.2) is 0 Å². The third-order valence-electron chi connectivity index (χ3n) is 3.27. The van der Waals surface area contributed by atoms with Crippen LogP contribution in [0.3, 0.4) is 0 Å². The Labute approximate surface area is 106 Å². The quantitative estimate of drug-likeness (QED) is 0.896. The van der Waals surface area contributed by atoms with Crippen LogP contribution in [0.1, 0.15) is 30.3 Å². The third-order valence-corrected chi connectivity index (χ3v) is 3.48. The van der Waals surface area contributed by atoms with E-state index in [1.54, 1.807) is 17.2 Å². The number of halogens is 1. The number of rotatable bonds is 3. The van der Waals surface area contributed by atoms with Crippen molar-refractivity contribution in [3.8, 4) is 0 Å². The molecule has 1 amide bonds. The molecule has 1 unspecified atom stereocenters. The van der Waals surface area contributed by atoms with E-state index >= 15 is 0 Å². The molecule has 1 aliphatic rings. The van der Waals surface area contributed by atoms with Crippen LogP contribution in [-0.4, -0.2) is 39.7 Å². The van der Waals surface area contributed by atoms with Gasteiger partial charge in [0.05, 0.1) is 17.7 Å². The Morgan fingerprint density at radius 1 is 1.65 bits per heavy atom. The average molecular weight is 257 g/mol. The van der Waals surface area contributed by atoms with Gasteiger partial charge in [0.2, 0.25) is 0 Å². The maximum absolute atomic E-state index is 12.3. The smallest absolute Gasteiger partial charge is 0.270 e. The van der Waals surface area contributed by atoms with E-state index in [0.29, 0.717) is 17.3 Å². The molecule has 0 bridgehead atoms. The average Bonchev–Trinajstić information content (AvgIpc) is 2.93. The van der Waals surface area contributed by atoms with Gasteiger partial charge in [-0.1, -0.05) is 11.6 Å². The number of aliphatic hydroxyl groups is 1. The fraction of sp³-hybridized carbons (Fsp3) is 0.583. The van der Waals surface area contributed by atoms with Crippen LogP contribution in [0.2, 0.25) is 5.02 Å². The summed E-state index contributed by atoms with van der Waals surface area (Å²) in [4.78, 5) is 14.1. The summed E-state index contributed by atoms with van der Waals surface area (Å²) >= 11 is 5.92. The first-order valence-corrected chi connectivity index (χ1v) is 6.32. The Morgan fingerprint density at radius 2 is 2.41 bits per heavy atom. The van der Waals surface area contributed by atoms with E-state index in [9.17, 15) is 9.90 Å². The first kappa shape index (κ1) is 12.5. The molecule has 2 heterocycles. The molecule has 1 fully saturated rings. The molecule has 2 rings (SSSR count). The molecule has 17 heavy (non-hydrogen) atoms. The van der Waals surface area contributed by atoms with Gasteiger partial charge in [-0.25, -0.2) is 0 Å². The lowest BCUT2D eigenvalue weighted by atomic mass is 10.2. The highest BCUT2D eigenvalue weighted by molar-refractivity contribution is 6.31. The maximum Gasteiger partial charge on any atom is 0.270 e. The molecular weight excluding hydrogens is 240 g/mol. The number of hydrogen-bond acceptors (Lipinski definition) is 2. The van der Waals surface area contributed by atoms with Crippen LogP contribution in [0.5, 0.6) is 0 Å². The second kappa shape index (κ2) is 5.10. The second-order valence-corrected chi connectivity index (χ2v) is 4.74. The van der Waals surface area contributed by atoms with Gasteiger partial charge in [-0.2, -0.15) is 0 Å². The van der Waals surface area contributed by atoms with Gasteiger partial charge >= 0.3 is 0 Å². The third kappa shape index (κ3) is 2.33. The number of aryl methyl sites for hydroxylation is 1. The van der Waals surface area contributed by atoms with Gasteiger partial charge in [-0.15, -0.1) is 0 Å². The monoisotopic (exact) mass is 256 g/mol. The highest BCUT2D eigenvalue weighted by Gasteiger charge is 2.30. The fourth-order valence-electron chi connectivity index (χ4n) is 2.36. The molecule has 0 saturated carbocycles. The van der Waals surface area contributed by atoms with Crippen molar-refractivity contribution in [2.24, 2.45) is 0 Å². The zero-order chi connectivity index (χ0) is 12.4. The van der Waals surface area contributed by atoms with Crippen molar-refractivity contribution in [1.29, 1.82) is 0 Å². The Morgan fingerprint density at radius 3 is 3.06 bits per heavy atom. The van der Waals surface area contributed by atoms with Crippen LogP contribution in [-0.2, 0) is 6.54 Å². The van der Waals surface area contributed by atoms with Gasteiger partial charge in [-0.05, 0) is 25.8 Å². The van der Waals surface area contributed by atoms with Crippen LogP contribution in [0.15, 0.2) is 12.3 Å². The zero-order valence-electron chi connectivity index (χ0n) is 9.90.